The third kappa shape index (κ3) is 2.26. The van der Waals surface area contributed by atoms with E-state index in [0.29, 0.717) is 0 Å². The molecular weight excluding hydrogens is 222 g/mol. The van der Waals surface area contributed by atoms with E-state index >= 15 is 0 Å². The van der Waals surface area contributed by atoms with Gasteiger partial charge in [-0.1, -0.05) is 23.7 Å². The Balaban J connectivity index is 2.28. The fraction of sp³-hybridized carbons (Fsp3) is 0.250. The average molecular weight is 236 g/mol. The molecule has 2 rings (SSSR count). The molecule has 2 N–H and O–H groups in total. The summed E-state index contributed by atoms with van der Waals surface area (Å²) in [6.07, 6.45) is 0. The number of hydrogen-bond donors (Lipinski definition) is 2. The van der Waals surface area contributed by atoms with Crippen molar-refractivity contribution in [2.24, 2.45) is 0 Å². The van der Waals surface area contributed by atoms with Crippen molar-refractivity contribution < 1.29 is 0 Å². The number of rotatable bonds is 3. The van der Waals surface area contributed by atoms with Crippen molar-refractivity contribution >= 4 is 11.6 Å². The fourth-order valence-corrected chi connectivity index (χ4v) is 1.61. The molecule has 84 valence electrons. The standard InChI is InChI=1S/C12H14ClN3/c1-8(14-2)11-7-12(16-15-11)9-3-5-10(13)6-4-9/h3-8,14H,1-2H3,(H,15,16). The molecule has 0 bridgehead atoms. The summed E-state index contributed by atoms with van der Waals surface area (Å²) in [5, 5.41) is 11.2. The quantitative estimate of drug-likeness (QED) is 0.859. The Hall–Kier alpha value is -1.32. The van der Waals surface area contributed by atoms with Gasteiger partial charge >= 0.3 is 0 Å². The Kier molecular flexibility index (Phi) is 3.27. The van der Waals surface area contributed by atoms with Crippen LogP contribution in [-0.4, -0.2) is 17.2 Å². The fourth-order valence-electron chi connectivity index (χ4n) is 1.48. The van der Waals surface area contributed by atoms with Crippen LogP contribution in [0.2, 0.25) is 5.02 Å². The van der Waals surface area contributed by atoms with Crippen LogP contribution in [0.3, 0.4) is 0 Å². The largest absolute Gasteiger partial charge is 0.312 e. The molecule has 1 heterocycles. The predicted molar refractivity (Wildman–Crippen MR) is 66.5 cm³/mol. The molecule has 4 heteroatoms. The van der Waals surface area contributed by atoms with Crippen molar-refractivity contribution in [1.29, 1.82) is 0 Å². The summed E-state index contributed by atoms with van der Waals surface area (Å²) in [7, 11) is 1.92. The van der Waals surface area contributed by atoms with Gasteiger partial charge in [0, 0.05) is 16.6 Å². The van der Waals surface area contributed by atoms with Gasteiger partial charge in [-0.15, -0.1) is 0 Å². The SMILES string of the molecule is CNC(C)c1cc(-c2ccc(Cl)cc2)n[nH]1. The first-order valence-corrected chi connectivity index (χ1v) is 5.57. The Labute approximate surface area is 99.8 Å². The van der Waals surface area contributed by atoms with Gasteiger partial charge < -0.3 is 5.32 Å². The Morgan fingerprint density at radius 3 is 2.62 bits per heavy atom. The zero-order valence-corrected chi connectivity index (χ0v) is 10.0. The van der Waals surface area contributed by atoms with E-state index in [2.05, 4.69) is 22.4 Å². The van der Waals surface area contributed by atoms with Crippen LogP contribution in [0.15, 0.2) is 30.3 Å². The summed E-state index contributed by atoms with van der Waals surface area (Å²) in [6, 6.07) is 9.98. The van der Waals surface area contributed by atoms with E-state index in [4.69, 9.17) is 11.6 Å². The molecule has 1 unspecified atom stereocenters. The number of H-pyrrole nitrogens is 1. The zero-order valence-electron chi connectivity index (χ0n) is 9.29. The van der Waals surface area contributed by atoms with Crippen LogP contribution in [0, 0.1) is 0 Å². The van der Waals surface area contributed by atoms with Gasteiger partial charge in [-0.3, -0.25) is 5.10 Å². The normalized spacial score (nSPS) is 12.7. The van der Waals surface area contributed by atoms with Crippen LogP contribution in [0.1, 0.15) is 18.7 Å². The Morgan fingerprint density at radius 1 is 1.31 bits per heavy atom. The molecule has 0 radical (unpaired) electrons. The summed E-state index contributed by atoms with van der Waals surface area (Å²) < 4.78 is 0. The smallest absolute Gasteiger partial charge is 0.0924 e. The number of nitrogens with one attached hydrogen (secondary N) is 2. The molecule has 0 spiro atoms. The molecule has 0 fully saturated rings. The number of halogens is 1. The third-order valence-electron chi connectivity index (χ3n) is 2.64. The lowest BCUT2D eigenvalue weighted by Crippen LogP contribution is -2.12. The first-order chi connectivity index (χ1) is 7.70. The lowest BCUT2D eigenvalue weighted by molar-refractivity contribution is 0.630. The second-order valence-corrected chi connectivity index (χ2v) is 4.16. The molecule has 1 aromatic heterocycles. The van der Waals surface area contributed by atoms with Gasteiger partial charge in [-0.25, -0.2) is 0 Å². The number of aromatic nitrogens is 2. The van der Waals surface area contributed by atoms with Crippen molar-refractivity contribution in [2.75, 3.05) is 7.05 Å². The summed E-state index contributed by atoms with van der Waals surface area (Å²) in [5.41, 5.74) is 3.08. The highest BCUT2D eigenvalue weighted by Crippen LogP contribution is 2.21. The maximum absolute atomic E-state index is 5.84. The van der Waals surface area contributed by atoms with Crippen LogP contribution in [0.25, 0.3) is 11.3 Å². The van der Waals surface area contributed by atoms with Crippen molar-refractivity contribution in [3.8, 4) is 11.3 Å². The van der Waals surface area contributed by atoms with E-state index in [9.17, 15) is 0 Å². The maximum atomic E-state index is 5.84. The van der Waals surface area contributed by atoms with Gasteiger partial charge in [0.1, 0.15) is 0 Å². The van der Waals surface area contributed by atoms with Gasteiger partial charge in [-0.05, 0) is 32.2 Å². The summed E-state index contributed by atoms with van der Waals surface area (Å²) in [6.45, 7) is 2.08. The van der Waals surface area contributed by atoms with E-state index < -0.39 is 0 Å². The van der Waals surface area contributed by atoms with E-state index in [1.54, 1.807) is 0 Å². The van der Waals surface area contributed by atoms with Gasteiger partial charge in [-0.2, -0.15) is 5.10 Å². The third-order valence-corrected chi connectivity index (χ3v) is 2.89. The predicted octanol–water partition coefficient (Wildman–Crippen LogP) is 3.01. The molecule has 0 aliphatic rings. The molecule has 0 amide bonds. The van der Waals surface area contributed by atoms with E-state index in [0.717, 1.165) is 22.0 Å². The van der Waals surface area contributed by atoms with E-state index in [1.807, 2.05) is 37.4 Å². The molecule has 0 saturated heterocycles. The summed E-state index contributed by atoms with van der Waals surface area (Å²) >= 11 is 5.84. The minimum absolute atomic E-state index is 0.272. The highest BCUT2D eigenvalue weighted by molar-refractivity contribution is 6.30. The van der Waals surface area contributed by atoms with Crippen LogP contribution in [0.5, 0.6) is 0 Å². The first-order valence-electron chi connectivity index (χ1n) is 5.19. The second kappa shape index (κ2) is 4.68. The lowest BCUT2D eigenvalue weighted by Gasteiger charge is -2.05. The van der Waals surface area contributed by atoms with Crippen molar-refractivity contribution in [3.63, 3.8) is 0 Å². The van der Waals surface area contributed by atoms with Crippen LogP contribution in [0.4, 0.5) is 0 Å². The van der Waals surface area contributed by atoms with Crippen LogP contribution >= 0.6 is 11.6 Å². The number of hydrogen-bond acceptors (Lipinski definition) is 2. The topological polar surface area (TPSA) is 40.7 Å². The van der Waals surface area contributed by atoms with Crippen molar-refractivity contribution in [2.45, 2.75) is 13.0 Å². The molecule has 0 aliphatic heterocycles. The van der Waals surface area contributed by atoms with Gasteiger partial charge in [0.25, 0.3) is 0 Å². The number of benzene rings is 1. The Morgan fingerprint density at radius 2 is 2.00 bits per heavy atom. The van der Waals surface area contributed by atoms with Gasteiger partial charge in [0.15, 0.2) is 0 Å². The monoisotopic (exact) mass is 235 g/mol. The number of aromatic amines is 1. The van der Waals surface area contributed by atoms with Gasteiger partial charge in [0.2, 0.25) is 0 Å². The van der Waals surface area contributed by atoms with E-state index in [-0.39, 0.29) is 6.04 Å². The lowest BCUT2D eigenvalue weighted by atomic mass is 10.1. The minimum atomic E-state index is 0.272. The molecule has 2 aromatic rings. The van der Waals surface area contributed by atoms with Crippen LogP contribution in [-0.2, 0) is 0 Å². The molecule has 16 heavy (non-hydrogen) atoms. The molecule has 1 atom stereocenters. The maximum Gasteiger partial charge on any atom is 0.0924 e. The zero-order chi connectivity index (χ0) is 11.5. The van der Waals surface area contributed by atoms with Gasteiger partial charge in [0.05, 0.1) is 11.4 Å². The molecular formula is C12H14ClN3. The van der Waals surface area contributed by atoms with Crippen molar-refractivity contribution in [1.82, 2.24) is 15.5 Å². The second-order valence-electron chi connectivity index (χ2n) is 3.73. The molecule has 1 aromatic carbocycles. The van der Waals surface area contributed by atoms with Crippen LogP contribution < -0.4 is 5.32 Å². The van der Waals surface area contributed by atoms with E-state index in [1.165, 1.54) is 0 Å². The summed E-state index contributed by atoms with van der Waals surface area (Å²) in [5.74, 6) is 0. The Bertz CT molecular complexity index is 461. The van der Waals surface area contributed by atoms with Crippen molar-refractivity contribution in [3.05, 3.63) is 41.0 Å². The summed E-state index contributed by atoms with van der Waals surface area (Å²) in [4.78, 5) is 0. The minimum Gasteiger partial charge on any atom is -0.312 e. The average Bonchev–Trinajstić information content (AvgIpc) is 2.78. The highest BCUT2D eigenvalue weighted by Gasteiger charge is 2.08. The molecule has 0 saturated carbocycles. The highest BCUT2D eigenvalue weighted by atomic mass is 35.5. The molecule has 0 aliphatic carbocycles. The number of nitrogens with zero attached hydrogens (tertiary/aromatic N) is 1. The first kappa shape index (κ1) is 11.2. The molecule has 3 nitrogen and oxygen atoms in total.